The smallest absolute Gasteiger partial charge is 0.309 e. The van der Waals surface area contributed by atoms with Crippen LogP contribution in [0.2, 0.25) is 0 Å². The fourth-order valence-corrected chi connectivity index (χ4v) is 2.78. The summed E-state index contributed by atoms with van der Waals surface area (Å²) in [4.78, 5) is 21.7. The van der Waals surface area contributed by atoms with Crippen LogP contribution in [0.15, 0.2) is 18.2 Å². The van der Waals surface area contributed by atoms with Crippen molar-refractivity contribution in [3.05, 3.63) is 39.4 Å². The molecule has 0 saturated heterocycles. The summed E-state index contributed by atoms with van der Waals surface area (Å²) in [5, 5.41) is 10.8. The van der Waals surface area contributed by atoms with Gasteiger partial charge in [0.1, 0.15) is 0 Å². The van der Waals surface area contributed by atoms with Gasteiger partial charge < -0.3 is 4.74 Å². The molecule has 0 saturated carbocycles. The van der Waals surface area contributed by atoms with Crippen LogP contribution in [0.25, 0.3) is 0 Å². The van der Waals surface area contributed by atoms with E-state index in [1.165, 1.54) is 13.2 Å². The lowest BCUT2D eigenvalue weighted by molar-refractivity contribution is -0.385. The molecule has 1 unspecified atom stereocenters. The number of nitro groups is 1. The van der Waals surface area contributed by atoms with E-state index in [9.17, 15) is 14.9 Å². The van der Waals surface area contributed by atoms with Crippen molar-refractivity contribution in [3.8, 4) is 0 Å². The van der Waals surface area contributed by atoms with Gasteiger partial charge in [0, 0.05) is 23.1 Å². The minimum absolute atomic E-state index is 0.138. The number of methoxy groups -OCH3 is 1. The van der Waals surface area contributed by atoms with Crippen LogP contribution < -0.4 is 0 Å². The van der Waals surface area contributed by atoms with Gasteiger partial charge in [0.05, 0.1) is 18.0 Å². The first-order valence-corrected chi connectivity index (χ1v) is 7.01. The molecule has 0 bridgehead atoms. The molecule has 5 nitrogen and oxygen atoms in total. The Hall–Kier alpha value is -1.56. The largest absolute Gasteiger partial charge is 0.469 e. The van der Waals surface area contributed by atoms with Crippen molar-refractivity contribution in [1.82, 2.24) is 0 Å². The summed E-state index contributed by atoms with van der Waals surface area (Å²) in [6.45, 7) is 3.55. The third-order valence-electron chi connectivity index (χ3n) is 2.84. The van der Waals surface area contributed by atoms with Gasteiger partial charge in [0.25, 0.3) is 5.69 Å². The van der Waals surface area contributed by atoms with Crippen LogP contribution in [0.1, 0.15) is 18.1 Å². The third-order valence-corrected chi connectivity index (χ3v) is 4.09. The van der Waals surface area contributed by atoms with Crippen molar-refractivity contribution >= 4 is 23.4 Å². The summed E-state index contributed by atoms with van der Waals surface area (Å²) in [5.74, 6) is 0.876. The third kappa shape index (κ3) is 4.24. The van der Waals surface area contributed by atoms with Crippen molar-refractivity contribution in [2.45, 2.75) is 19.6 Å². The van der Waals surface area contributed by atoms with Crippen LogP contribution in [-0.2, 0) is 15.3 Å². The van der Waals surface area contributed by atoms with Crippen molar-refractivity contribution in [2.75, 3.05) is 12.9 Å². The van der Waals surface area contributed by atoms with Crippen molar-refractivity contribution in [1.29, 1.82) is 0 Å². The first-order valence-electron chi connectivity index (χ1n) is 5.85. The summed E-state index contributed by atoms with van der Waals surface area (Å²) in [5.41, 5.74) is 1.75. The monoisotopic (exact) mass is 283 g/mol. The Morgan fingerprint density at radius 1 is 1.53 bits per heavy atom. The van der Waals surface area contributed by atoms with Gasteiger partial charge in [-0.2, -0.15) is 11.8 Å². The van der Waals surface area contributed by atoms with Crippen LogP contribution in [0, 0.1) is 23.0 Å². The molecule has 104 valence electrons. The maximum Gasteiger partial charge on any atom is 0.309 e. The normalized spacial score (nSPS) is 11.9. The number of thioether (sulfide) groups is 1. The lowest BCUT2D eigenvalue weighted by Gasteiger charge is -2.09. The van der Waals surface area contributed by atoms with Crippen molar-refractivity contribution in [2.24, 2.45) is 5.92 Å². The number of nitro benzene ring substituents is 1. The summed E-state index contributed by atoms with van der Waals surface area (Å²) < 4.78 is 4.65. The van der Waals surface area contributed by atoms with Crippen LogP contribution >= 0.6 is 11.8 Å². The number of ether oxygens (including phenoxy) is 1. The average molecular weight is 283 g/mol. The van der Waals surface area contributed by atoms with Crippen molar-refractivity contribution < 1.29 is 14.5 Å². The number of nitrogens with zero attached hydrogens (tertiary/aromatic N) is 1. The predicted octanol–water partition coefficient (Wildman–Crippen LogP) is 2.95. The maximum absolute atomic E-state index is 11.2. The number of carbonyl (C=O) groups is 1. The minimum atomic E-state index is -0.374. The van der Waals surface area contributed by atoms with Gasteiger partial charge >= 0.3 is 5.97 Å². The number of carbonyl (C=O) groups excluding carboxylic acids is 1. The molecule has 6 heteroatoms. The molecule has 0 heterocycles. The van der Waals surface area contributed by atoms with E-state index in [1.54, 1.807) is 31.7 Å². The van der Waals surface area contributed by atoms with E-state index in [0.717, 1.165) is 5.56 Å². The molecule has 0 aliphatic rings. The Bertz CT molecular complexity index is 476. The van der Waals surface area contributed by atoms with E-state index >= 15 is 0 Å². The molecule has 0 spiro atoms. The topological polar surface area (TPSA) is 69.4 Å². The lowest BCUT2D eigenvalue weighted by Crippen LogP contribution is -2.14. The zero-order valence-electron chi connectivity index (χ0n) is 11.2. The van der Waals surface area contributed by atoms with Crippen LogP contribution in [-0.4, -0.2) is 23.8 Å². The first-order chi connectivity index (χ1) is 8.97. The van der Waals surface area contributed by atoms with E-state index < -0.39 is 0 Å². The average Bonchev–Trinajstić information content (AvgIpc) is 2.39. The molecular formula is C13H17NO4S. The Labute approximate surface area is 116 Å². The second kappa shape index (κ2) is 7.13. The Kier molecular flexibility index (Phi) is 5.82. The second-order valence-electron chi connectivity index (χ2n) is 4.26. The molecule has 0 aromatic heterocycles. The molecule has 0 aliphatic heterocycles. The van der Waals surface area contributed by atoms with Gasteiger partial charge in [-0.05, 0) is 12.5 Å². The van der Waals surface area contributed by atoms with Gasteiger partial charge in [-0.15, -0.1) is 0 Å². The fraction of sp³-hybridized carbons (Fsp3) is 0.462. The minimum Gasteiger partial charge on any atom is -0.469 e. The van der Waals surface area contributed by atoms with Crippen LogP contribution in [0.3, 0.4) is 0 Å². The molecule has 0 aliphatic carbocycles. The predicted molar refractivity (Wildman–Crippen MR) is 75.2 cm³/mol. The van der Waals surface area contributed by atoms with Gasteiger partial charge in [-0.3, -0.25) is 14.9 Å². The van der Waals surface area contributed by atoms with Crippen molar-refractivity contribution in [3.63, 3.8) is 0 Å². The van der Waals surface area contributed by atoms with E-state index in [2.05, 4.69) is 4.74 Å². The first kappa shape index (κ1) is 15.5. The SMILES string of the molecule is COC(=O)C(C)CSCc1cccc([N+](=O)[O-])c1C. The maximum atomic E-state index is 11.2. The zero-order chi connectivity index (χ0) is 14.4. The highest BCUT2D eigenvalue weighted by Gasteiger charge is 2.15. The van der Waals surface area contributed by atoms with Crippen LogP contribution in [0.5, 0.6) is 0 Å². The molecular weight excluding hydrogens is 266 g/mol. The number of benzene rings is 1. The lowest BCUT2D eigenvalue weighted by atomic mass is 10.1. The second-order valence-corrected chi connectivity index (χ2v) is 5.29. The van der Waals surface area contributed by atoms with Gasteiger partial charge in [0.2, 0.25) is 0 Å². The van der Waals surface area contributed by atoms with E-state index in [-0.39, 0.29) is 22.5 Å². The molecule has 1 atom stereocenters. The Morgan fingerprint density at radius 2 is 2.21 bits per heavy atom. The highest BCUT2D eigenvalue weighted by molar-refractivity contribution is 7.98. The highest BCUT2D eigenvalue weighted by Crippen LogP contribution is 2.25. The van der Waals surface area contributed by atoms with Gasteiger partial charge in [0.15, 0.2) is 0 Å². The number of esters is 1. The summed E-state index contributed by atoms with van der Waals surface area (Å²) >= 11 is 1.57. The number of hydrogen-bond donors (Lipinski definition) is 0. The van der Waals surface area contributed by atoms with Gasteiger partial charge in [-0.25, -0.2) is 0 Å². The Balaban J connectivity index is 2.62. The molecule has 0 N–H and O–H groups in total. The van der Waals surface area contributed by atoms with E-state index in [0.29, 0.717) is 17.1 Å². The van der Waals surface area contributed by atoms with E-state index in [4.69, 9.17) is 0 Å². The standard InChI is InChI=1S/C13H17NO4S/c1-9(13(15)18-3)7-19-8-11-5-4-6-12(10(11)2)14(16)17/h4-6,9H,7-8H2,1-3H3. The fourth-order valence-electron chi connectivity index (χ4n) is 1.64. The molecule has 1 aromatic rings. The molecule has 0 amide bonds. The zero-order valence-corrected chi connectivity index (χ0v) is 12.0. The molecule has 1 aromatic carbocycles. The summed E-state index contributed by atoms with van der Waals surface area (Å²) in [7, 11) is 1.37. The summed E-state index contributed by atoms with van der Waals surface area (Å²) in [6, 6.07) is 5.06. The molecule has 0 radical (unpaired) electrons. The highest BCUT2D eigenvalue weighted by atomic mass is 32.2. The molecule has 1 rings (SSSR count). The molecule has 19 heavy (non-hydrogen) atoms. The Morgan fingerprint density at radius 3 is 2.79 bits per heavy atom. The number of hydrogen-bond acceptors (Lipinski definition) is 5. The quantitative estimate of drug-likeness (QED) is 0.456. The number of rotatable bonds is 6. The van der Waals surface area contributed by atoms with E-state index in [1.807, 2.05) is 6.07 Å². The summed E-state index contributed by atoms with van der Waals surface area (Å²) in [6.07, 6.45) is 0. The van der Waals surface area contributed by atoms with Gasteiger partial charge in [-0.1, -0.05) is 19.1 Å². The van der Waals surface area contributed by atoms with Crippen LogP contribution in [0.4, 0.5) is 5.69 Å². The molecule has 0 fully saturated rings.